The zero-order valence-electron chi connectivity index (χ0n) is 11.7. The second kappa shape index (κ2) is 6.10. The Kier molecular flexibility index (Phi) is 4.71. The molecular weight excluding hydrogens is 286 g/mol. The summed E-state index contributed by atoms with van der Waals surface area (Å²) < 4.78 is 0. The van der Waals surface area contributed by atoms with Crippen LogP contribution in [-0.4, -0.2) is 12.6 Å². The van der Waals surface area contributed by atoms with Crippen LogP contribution in [0, 0.1) is 12.8 Å². The minimum atomic E-state index is 0.786. The first-order valence-electron chi connectivity index (χ1n) is 7.04. The molecule has 1 aliphatic carbocycles. The molecule has 2 heteroatoms. The fourth-order valence-corrected chi connectivity index (χ4v) is 2.75. The highest BCUT2D eigenvalue weighted by atomic mass is 79.9. The van der Waals surface area contributed by atoms with Gasteiger partial charge < -0.3 is 4.90 Å². The fraction of sp³-hybridized carbons (Fsp3) is 0.625. The molecular formula is C16H24BrN. The maximum atomic E-state index is 3.53. The van der Waals surface area contributed by atoms with Gasteiger partial charge in [0.05, 0.1) is 0 Å². The molecule has 0 heterocycles. The van der Waals surface area contributed by atoms with Crippen molar-refractivity contribution >= 4 is 21.6 Å². The molecule has 2 rings (SSSR count). The van der Waals surface area contributed by atoms with Crippen LogP contribution < -0.4 is 4.90 Å². The highest BCUT2D eigenvalue weighted by Crippen LogP contribution is 2.34. The van der Waals surface area contributed by atoms with Crippen molar-refractivity contribution < 1.29 is 0 Å². The zero-order chi connectivity index (χ0) is 13.1. The van der Waals surface area contributed by atoms with Gasteiger partial charge in [-0.1, -0.05) is 41.9 Å². The fourth-order valence-electron chi connectivity index (χ4n) is 2.41. The molecule has 0 aromatic heterocycles. The van der Waals surface area contributed by atoms with Crippen LogP contribution in [0.1, 0.15) is 44.2 Å². The van der Waals surface area contributed by atoms with E-state index in [1.165, 1.54) is 42.6 Å². The van der Waals surface area contributed by atoms with Crippen molar-refractivity contribution in [3.05, 3.63) is 29.3 Å². The van der Waals surface area contributed by atoms with Crippen LogP contribution in [0.15, 0.2) is 18.2 Å². The van der Waals surface area contributed by atoms with E-state index in [1.54, 1.807) is 0 Å². The largest absolute Gasteiger partial charge is 0.368 e. The smallest absolute Gasteiger partial charge is 0.0398 e. The average Bonchev–Trinajstić information content (AvgIpc) is 3.15. The van der Waals surface area contributed by atoms with E-state index < -0.39 is 0 Å². The SMILES string of the molecule is Cc1cc(CBr)ccc1N(CCC(C)C)C1CC1. The minimum Gasteiger partial charge on any atom is -0.368 e. The minimum absolute atomic E-state index is 0.786. The van der Waals surface area contributed by atoms with Gasteiger partial charge >= 0.3 is 0 Å². The lowest BCUT2D eigenvalue weighted by Gasteiger charge is -2.27. The van der Waals surface area contributed by atoms with Crippen molar-refractivity contribution in [3.63, 3.8) is 0 Å². The number of alkyl halides is 1. The van der Waals surface area contributed by atoms with E-state index in [0.717, 1.165) is 17.3 Å². The van der Waals surface area contributed by atoms with E-state index in [2.05, 4.69) is 59.8 Å². The van der Waals surface area contributed by atoms with Crippen molar-refractivity contribution in [2.45, 2.75) is 51.4 Å². The molecule has 0 bridgehead atoms. The van der Waals surface area contributed by atoms with Gasteiger partial charge in [0.2, 0.25) is 0 Å². The van der Waals surface area contributed by atoms with Gasteiger partial charge in [-0.3, -0.25) is 0 Å². The van der Waals surface area contributed by atoms with Gasteiger partial charge in [-0.25, -0.2) is 0 Å². The van der Waals surface area contributed by atoms with Gasteiger partial charge in [-0.15, -0.1) is 0 Å². The molecule has 1 fully saturated rings. The number of anilines is 1. The lowest BCUT2D eigenvalue weighted by Crippen LogP contribution is -2.28. The maximum Gasteiger partial charge on any atom is 0.0398 e. The number of rotatable bonds is 6. The standard InChI is InChI=1S/C16H24BrN/c1-12(2)8-9-18(15-5-6-15)16-7-4-14(11-17)10-13(16)3/h4,7,10,12,15H,5-6,8-9,11H2,1-3H3. The van der Waals surface area contributed by atoms with Crippen LogP contribution in [-0.2, 0) is 5.33 Å². The number of hydrogen-bond donors (Lipinski definition) is 0. The van der Waals surface area contributed by atoms with Crippen LogP contribution in [0.2, 0.25) is 0 Å². The lowest BCUT2D eigenvalue weighted by atomic mass is 10.1. The van der Waals surface area contributed by atoms with Crippen molar-refractivity contribution in [2.24, 2.45) is 5.92 Å². The Labute approximate surface area is 120 Å². The van der Waals surface area contributed by atoms with Crippen LogP contribution in [0.3, 0.4) is 0 Å². The summed E-state index contributed by atoms with van der Waals surface area (Å²) in [5, 5.41) is 0.948. The van der Waals surface area contributed by atoms with Gasteiger partial charge in [-0.05, 0) is 49.3 Å². The molecule has 0 radical (unpaired) electrons. The molecule has 0 amide bonds. The van der Waals surface area contributed by atoms with Crippen molar-refractivity contribution in [1.82, 2.24) is 0 Å². The molecule has 18 heavy (non-hydrogen) atoms. The lowest BCUT2D eigenvalue weighted by molar-refractivity contribution is 0.570. The first-order chi connectivity index (χ1) is 8.61. The summed E-state index contributed by atoms with van der Waals surface area (Å²) >= 11 is 3.53. The van der Waals surface area contributed by atoms with E-state index in [1.807, 2.05) is 0 Å². The third kappa shape index (κ3) is 3.50. The first kappa shape index (κ1) is 13.9. The zero-order valence-corrected chi connectivity index (χ0v) is 13.3. The molecule has 1 aromatic carbocycles. The monoisotopic (exact) mass is 309 g/mol. The Morgan fingerprint density at radius 3 is 2.56 bits per heavy atom. The topological polar surface area (TPSA) is 3.24 Å². The Bertz CT molecular complexity index is 396. The van der Waals surface area contributed by atoms with Gasteiger partial charge in [0.1, 0.15) is 0 Å². The molecule has 0 saturated heterocycles. The van der Waals surface area contributed by atoms with E-state index in [0.29, 0.717) is 0 Å². The Morgan fingerprint density at radius 2 is 2.06 bits per heavy atom. The molecule has 1 nitrogen and oxygen atoms in total. The molecule has 100 valence electrons. The predicted molar refractivity (Wildman–Crippen MR) is 83.6 cm³/mol. The number of nitrogens with zero attached hydrogens (tertiary/aromatic N) is 1. The Balaban J connectivity index is 2.14. The van der Waals surface area contributed by atoms with E-state index in [-0.39, 0.29) is 0 Å². The summed E-state index contributed by atoms with van der Waals surface area (Å²) in [5.41, 5.74) is 4.24. The summed E-state index contributed by atoms with van der Waals surface area (Å²) in [4.78, 5) is 2.63. The third-order valence-electron chi connectivity index (χ3n) is 3.66. The van der Waals surface area contributed by atoms with Crippen molar-refractivity contribution in [3.8, 4) is 0 Å². The molecule has 1 saturated carbocycles. The third-order valence-corrected chi connectivity index (χ3v) is 4.31. The van der Waals surface area contributed by atoms with E-state index in [9.17, 15) is 0 Å². The molecule has 0 unspecified atom stereocenters. The normalized spacial score (nSPS) is 15.2. The van der Waals surface area contributed by atoms with Gasteiger partial charge in [0.15, 0.2) is 0 Å². The van der Waals surface area contributed by atoms with Gasteiger partial charge in [0, 0.05) is 23.6 Å². The molecule has 0 N–H and O–H groups in total. The number of hydrogen-bond acceptors (Lipinski definition) is 1. The van der Waals surface area contributed by atoms with Crippen LogP contribution in [0.25, 0.3) is 0 Å². The van der Waals surface area contributed by atoms with E-state index in [4.69, 9.17) is 0 Å². The predicted octanol–water partition coefficient (Wildman–Crippen LogP) is 4.90. The summed E-state index contributed by atoms with van der Waals surface area (Å²) in [6.07, 6.45) is 4.03. The quantitative estimate of drug-likeness (QED) is 0.675. The summed E-state index contributed by atoms with van der Waals surface area (Å²) in [7, 11) is 0. The Hall–Kier alpha value is -0.500. The summed E-state index contributed by atoms with van der Waals surface area (Å²) in [6, 6.07) is 7.68. The Morgan fingerprint density at radius 1 is 1.33 bits per heavy atom. The first-order valence-corrected chi connectivity index (χ1v) is 8.16. The molecule has 0 spiro atoms. The average molecular weight is 310 g/mol. The van der Waals surface area contributed by atoms with Crippen LogP contribution in [0.5, 0.6) is 0 Å². The highest BCUT2D eigenvalue weighted by Gasteiger charge is 2.29. The van der Waals surface area contributed by atoms with Crippen LogP contribution >= 0.6 is 15.9 Å². The number of halogens is 1. The van der Waals surface area contributed by atoms with Crippen molar-refractivity contribution in [1.29, 1.82) is 0 Å². The second-order valence-electron chi connectivity index (χ2n) is 5.86. The molecule has 0 atom stereocenters. The molecule has 1 aliphatic rings. The second-order valence-corrected chi connectivity index (χ2v) is 6.42. The summed E-state index contributed by atoms with van der Waals surface area (Å²) in [6.45, 7) is 8.07. The van der Waals surface area contributed by atoms with Gasteiger partial charge in [0.25, 0.3) is 0 Å². The van der Waals surface area contributed by atoms with Crippen LogP contribution in [0.4, 0.5) is 5.69 Å². The molecule has 0 aliphatic heterocycles. The number of aryl methyl sites for hydroxylation is 1. The highest BCUT2D eigenvalue weighted by molar-refractivity contribution is 9.08. The van der Waals surface area contributed by atoms with E-state index >= 15 is 0 Å². The van der Waals surface area contributed by atoms with Crippen molar-refractivity contribution in [2.75, 3.05) is 11.4 Å². The van der Waals surface area contributed by atoms with Gasteiger partial charge in [-0.2, -0.15) is 0 Å². The molecule has 1 aromatic rings. The summed E-state index contributed by atoms with van der Waals surface area (Å²) in [5.74, 6) is 0.786. The number of benzene rings is 1. The maximum absolute atomic E-state index is 3.53.